The van der Waals surface area contributed by atoms with Crippen LogP contribution in [0.4, 0.5) is 0 Å². The summed E-state index contributed by atoms with van der Waals surface area (Å²) < 4.78 is 24.2. The molecule has 1 aromatic carbocycles. The Bertz CT molecular complexity index is 679. The van der Waals surface area contributed by atoms with Crippen molar-refractivity contribution in [3.05, 3.63) is 29.3 Å². The highest BCUT2D eigenvalue weighted by Crippen LogP contribution is 2.33. The molecule has 7 nitrogen and oxygen atoms in total. The van der Waals surface area contributed by atoms with Crippen LogP contribution >= 0.6 is 0 Å². The number of hydrogen-bond donors (Lipinski definition) is 3. The number of amides is 1. The second-order valence-electron chi connectivity index (χ2n) is 5.27. The molecule has 0 radical (unpaired) electrons. The number of carbonyl (C=O) groups excluding carboxylic acids is 1. The Morgan fingerprint density at radius 3 is 2.68 bits per heavy atom. The summed E-state index contributed by atoms with van der Waals surface area (Å²) in [4.78, 5) is 12.5. The maximum Gasteiger partial charge on any atom is 0.256 e. The first-order valence-electron chi connectivity index (χ1n) is 7.01. The van der Waals surface area contributed by atoms with Gasteiger partial charge in [-0.25, -0.2) is 8.42 Å². The predicted octanol–water partition coefficient (Wildman–Crippen LogP) is 0.189. The van der Waals surface area contributed by atoms with Crippen molar-refractivity contribution in [1.82, 2.24) is 10.6 Å². The van der Waals surface area contributed by atoms with Gasteiger partial charge < -0.3 is 16.5 Å². The Labute approximate surface area is 129 Å². The van der Waals surface area contributed by atoms with Crippen LogP contribution in [0.1, 0.15) is 34.7 Å². The minimum Gasteiger partial charge on any atom is -0.322 e. The lowest BCUT2D eigenvalue weighted by atomic mass is 9.87. The maximum atomic E-state index is 12.3. The maximum absolute atomic E-state index is 12.3. The third kappa shape index (κ3) is 3.63. The van der Waals surface area contributed by atoms with Crippen LogP contribution in [-0.2, 0) is 9.84 Å². The van der Waals surface area contributed by atoms with E-state index in [-0.39, 0.29) is 10.8 Å². The van der Waals surface area contributed by atoms with E-state index in [1.807, 2.05) is 0 Å². The van der Waals surface area contributed by atoms with Crippen molar-refractivity contribution in [3.8, 4) is 0 Å². The highest BCUT2D eigenvalue weighted by atomic mass is 32.2. The molecule has 0 aromatic heterocycles. The molecule has 0 bridgehead atoms. The SMILES string of the molecule is CS(=O)(=O)c1cccc(C(=O)NC=NN)c1C1CCNCC1. The Kier molecular flexibility index (Phi) is 5.15. The summed E-state index contributed by atoms with van der Waals surface area (Å²) in [7, 11) is -3.42. The third-order valence-electron chi connectivity index (χ3n) is 3.73. The van der Waals surface area contributed by atoms with Crippen LogP contribution in [0.3, 0.4) is 0 Å². The van der Waals surface area contributed by atoms with E-state index in [9.17, 15) is 13.2 Å². The van der Waals surface area contributed by atoms with Gasteiger partial charge in [-0.3, -0.25) is 4.79 Å². The Morgan fingerprint density at radius 1 is 1.41 bits per heavy atom. The molecule has 0 atom stereocenters. The minimum absolute atomic E-state index is 0.0303. The topological polar surface area (TPSA) is 114 Å². The molecule has 8 heteroatoms. The number of hydrogen-bond acceptors (Lipinski definition) is 6. The van der Waals surface area contributed by atoms with Crippen LogP contribution in [0.15, 0.2) is 28.2 Å². The zero-order valence-electron chi connectivity index (χ0n) is 12.4. The zero-order chi connectivity index (χ0) is 16.2. The van der Waals surface area contributed by atoms with Gasteiger partial charge in [-0.15, -0.1) is 0 Å². The van der Waals surface area contributed by atoms with Crippen LogP contribution in [0.5, 0.6) is 0 Å². The molecule has 1 fully saturated rings. The van der Waals surface area contributed by atoms with E-state index in [0.717, 1.165) is 38.5 Å². The number of carbonyl (C=O) groups is 1. The van der Waals surface area contributed by atoms with Crippen LogP contribution in [0.25, 0.3) is 0 Å². The van der Waals surface area contributed by atoms with E-state index < -0.39 is 15.7 Å². The van der Waals surface area contributed by atoms with Gasteiger partial charge in [-0.2, -0.15) is 5.10 Å². The summed E-state index contributed by atoms with van der Waals surface area (Å²) in [6.45, 7) is 1.60. The summed E-state index contributed by atoms with van der Waals surface area (Å²) in [6.07, 6.45) is 3.83. The number of nitrogens with one attached hydrogen (secondary N) is 2. The molecule has 0 aliphatic carbocycles. The lowest BCUT2D eigenvalue weighted by molar-refractivity contribution is 0.0976. The normalized spacial score (nSPS) is 16.8. The van der Waals surface area contributed by atoms with Gasteiger partial charge in [0.05, 0.1) is 4.90 Å². The van der Waals surface area contributed by atoms with Crippen molar-refractivity contribution in [2.75, 3.05) is 19.3 Å². The van der Waals surface area contributed by atoms with Crippen LogP contribution in [0.2, 0.25) is 0 Å². The Morgan fingerprint density at radius 2 is 2.09 bits per heavy atom. The van der Waals surface area contributed by atoms with Crippen molar-refractivity contribution >= 4 is 22.1 Å². The van der Waals surface area contributed by atoms with Gasteiger partial charge in [-0.1, -0.05) is 6.07 Å². The Hall–Kier alpha value is -1.93. The number of sulfone groups is 1. The predicted molar refractivity (Wildman–Crippen MR) is 84.5 cm³/mol. The molecule has 0 unspecified atom stereocenters. The summed E-state index contributed by atoms with van der Waals surface area (Å²) in [6, 6.07) is 4.77. The molecule has 22 heavy (non-hydrogen) atoms. The summed E-state index contributed by atoms with van der Waals surface area (Å²) in [5.41, 5.74) is 0.948. The molecule has 1 aliphatic rings. The first-order valence-corrected chi connectivity index (χ1v) is 8.90. The molecule has 4 N–H and O–H groups in total. The van der Waals surface area contributed by atoms with E-state index in [1.54, 1.807) is 18.2 Å². The number of hydrazone groups is 1. The monoisotopic (exact) mass is 324 g/mol. The molecule has 1 amide bonds. The lowest BCUT2D eigenvalue weighted by Gasteiger charge is -2.26. The third-order valence-corrected chi connectivity index (χ3v) is 4.88. The average Bonchev–Trinajstić information content (AvgIpc) is 2.52. The fourth-order valence-electron chi connectivity index (χ4n) is 2.77. The smallest absolute Gasteiger partial charge is 0.256 e. The Balaban J connectivity index is 2.55. The molecule has 120 valence electrons. The molecule has 1 aromatic rings. The van der Waals surface area contributed by atoms with Crippen molar-refractivity contribution in [2.24, 2.45) is 10.9 Å². The highest BCUT2D eigenvalue weighted by Gasteiger charge is 2.27. The van der Waals surface area contributed by atoms with Gasteiger partial charge in [0.2, 0.25) is 0 Å². The van der Waals surface area contributed by atoms with Gasteiger partial charge in [0.1, 0.15) is 6.34 Å². The van der Waals surface area contributed by atoms with Crippen molar-refractivity contribution in [1.29, 1.82) is 0 Å². The van der Waals surface area contributed by atoms with E-state index >= 15 is 0 Å². The molecular weight excluding hydrogens is 304 g/mol. The first kappa shape index (κ1) is 16.4. The minimum atomic E-state index is -3.42. The molecule has 2 rings (SSSR count). The molecule has 0 saturated carbocycles. The van der Waals surface area contributed by atoms with E-state index in [0.29, 0.717) is 11.1 Å². The summed E-state index contributed by atoms with van der Waals surface area (Å²) in [5.74, 6) is 4.61. The van der Waals surface area contributed by atoms with Crippen molar-refractivity contribution in [2.45, 2.75) is 23.7 Å². The first-order chi connectivity index (χ1) is 10.4. The van der Waals surface area contributed by atoms with E-state index in [2.05, 4.69) is 15.7 Å². The molecule has 1 heterocycles. The van der Waals surface area contributed by atoms with E-state index in [4.69, 9.17) is 5.84 Å². The van der Waals surface area contributed by atoms with Crippen molar-refractivity contribution < 1.29 is 13.2 Å². The summed E-state index contributed by atoms with van der Waals surface area (Å²) >= 11 is 0. The van der Waals surface area contributed by atoms with Gasteiger partial charge in [-0.05, 0) is 49.5 Å². The lowest BCUT2D eigenvalue weighted by Crippen LogP contribution is -2.30. The molecule has 1 aliphatic heterocycles. The second kappa shape index (κ2) is 6.89. The standard InChI is InChI=1S/C14H20N4O3S/c1-22(20,21)12-4-2-3-11(14(19)17-9-18-15)13(12)10-5-7-16-8-6-10/h2-4,9-10,16H,5-8,15H2,1H3,(H,17,18,19). The number of benzene rings is 1. The quantitative estimate of drug-likeness (QED) is 0.317. The van der Waals surface area contributed by atoms with Crippen LogP contribution in [0, 0.1) is 0 Å². The summed E-state index contributed by atoms with van der Waals surface area (Å²) in [5, 5.41) is 8.91. The average molecular weight is 324 g/mol. The molecule has 1 saturated heterocycles. The fourth-order valence-corrected chi connectivity index (χ4v) is 3.77. The number of nitrogens with zero attached hydrogens (tertiary/aromatic N) is 1. The highest BCUT2D eigenvalue weighted by molar-refractivity contribution is 7.90. The van der Waals surface area contributed by atoms with Crippen LogP contribution in [-0.4, -0.2) is 40.0 Å². The van der Waals surface area contributed by atoms with Gasteiger partial charge in [0.15, 0.2) is 9.84 Å². The fraction of sp³-hybridized carbons (Fsp3) is 0.429. The number of rotatable bonds is 4. The number of piperidine rings is 1. The van der Waals surface area contributed by atoms with Crippen LogP contribution < -0.4 is 16.5 Å². The number of nitrogens with two attached hydrogens (primary N) is 1. The van der Waals surface area contributed by atoms with Gasteiger partial charge in [0, 0.05) is 11.8 Å². The second-order valence-corrected chi connectivity index (χ2v) is 7.25. The van der Waals surface area contributed by atoms with Gasteiger partial charge >= 0.3 is 0 Å². The van der Waals surface area contributed by atoms with Crippen molar-refractivity contribution in [3.63, 3.8) is 0 Å². The molecule has 0 spiro atoms. The largest absolute Gasteiger partial charge is 0.322 e. The van der Waals surface area contributed by atoms with Gasteiger partial charge in [0.25, 0.3) is 5.91 Å². The van der Waals surface area contributed by atoms with E-state index in [1.165, 1.54) is 0 Å². The zero-order valence-corrected chi connectivity index (χ0v) is 13.2. The molecular formula is C14H20N4O3S.